The lowest BCUT2D eigenvalue weighted by molar-refractivity contribution is -0.151. The fraction of sp³-hybridized carbons (Fsp3) is 0.400. The summed E-state index contributed by atoms with van der Waals surface area (Å²) in [6.45, 7) is 4.04. The predicted octanol–water partition coefficient (Wildman–Crippen LogP) is 2.13. The van der Waals surface area contributed by atoms with Crippen LogP contribution in [-0.2, 0) is 14.3 Å². The molecule has 126 valence electrons. The molecule has 0 bridgehead atoms. The zero-order chi connectivity index (χ0) is 17.4. The van der Waals surface area contributed by atoms with Crippen molar-refractivity contribution in [1.29, 1.82) is 0 Å². The van der Waals surface area contributed by atoms with Crippen molar-refractivity contribution >= 4 is 41.0 Å². The summed E-state index contributed by atoms with van der Waals surface area (Å²) in [5.74, 6) is -1.52. The molecular weight excluding hydrogens is 343 g/mol. The highest BCUT2D eigenvalue weighted by Crippen LogP contribution is 2.20. The Labute approximate surface area is 144 Å². The SMILES string of the molecule is CCN(CC)C(=O)COC(=O)CNC(=O)c1ccc(Cl)cc1Cl. The number of benzene rings is 1. The fourth-order valence-electron chi connectivity index (χ4n) is 1.78. The number of rotatable bonds is 7. The Hall–Kier alpha value is -1.79. The van der Waals surface area contributed by atoms with Gasteiger partial charge in [-0.2, -0.15) is 0 Å². The number of carbonyl (C=O) groups excluding carboxylic acids is 3. The quantitative estimate of drug-likeness (QED) is 0.755. The number of esters is 1. The molecule has 0 radical (unpaired) electrons. The van der Waals surface area contributed by atoms with Crippen LogP contribution in [0, 0.1) is 0 Å². The summed E-state index contributed by atoms with van der Waals surface area (Å²) in [5.41, 5.74) is 0.197. The third-order valence-corrected chi connectivity index (χ3v) is 3.59. The third kappa shape index (κ3) is 6.08. The van der Waals surface area contributed by atoms with Crippen molar-refractivity contribution in [1.82, 2.24) is 10.2 Å². The number of nitrogens with zero attached hydrogens (tertiary/aromatic N) is 1. The molecule has 0 aliphatic carbocycles. The number of halogens is 2. The van der Waals surface area contributed by atoms with E-state index < -0.39 is 11.9 Å². The van der Waals surface area contributed by atoms with Gasteiger partial charge in [0, 0.05) is 18.1 Å². The molecule has 0 aliphatic heterocycles. The molecule has 6 nitrogen and oxygen atoms in total. The summed E-state index contributed by atoms with van der Waals surface area (Å²) in [6, 6.07) is 4.40. The van der Waals surface area contributed by atoms with Gasteiger partial charge in [0.2, 0.25) is 0 Å². The largest absolute Gasteiger partial charge is 0.454 e. The van der Waals surface area contributed by atoms with Gasteiger partial charge >= 0.3 is 5.97 Å². The molecule has 1 aromatic carbocycles. The maximum absolute atomic E-state index is 11.9. The van der Waals surface area contributed by atoms with Gasteiger partial charge in [-0.3, -0.25) is 14.4 Å². The fourth-order valence-corrected chi connectivity index (χ4v) is 2.28. The van der Waals surface area contributed by atoms with Crippen LogP contribution >= 0.6 is 23.2 Å². The second kappa shape index (κ2) is 9.37. The highest BCUT2D eigenvalue weighted by atomic mass is 35.5. The van der Waals surface area contributed by atoms with Gasteiger partial charge in [0.15, 0.2) is 6.61 Å². The number of carbonyl (C=O) groups is 3. The van der Waals surface area contributed by atoms with Crippen molar-refractivity contribution in [2.75, 3.05) is 26.2 Å². The van der Waals surface area contributed by atoms with Crippen molar-refractivity contribution < 1.29 is 19.1 Å². The molecule has 0 aromatic heterocycles. The topological polar surface area (TPSA) is 75.7 Å². The smallest absolute Gasteiger partial charge is 0.325 e. The van der Waals surface area contributed by atoms with E-state index in [1.165, 1.54) is 18.2 Å². The second-order valence-electron chi connectivity index (χ2n) is 4.53. The van der Waals surface area contributed by atoms with Gasteiger partial charge in [0.25, 0.3) is 11.8 Å². The molecule has 0 aliphatic rings. The maximum Gasteiger partial charge on any atom is 0.325 e. The third-order valence-electron chi connectivity index (χ3n) is 3.04. The molecule has 0 fully saturated rings. The maximum atomic E-state index is 11.9. The van der Waals surface area contributed by atoms with Crippen LogP contribution in [0.15, 0.2) is 18.2 Å². The number of hydrogen-bond acceptors (Lipinski definition) is 4. The van der Waals surface area contributed by atoms with Gasteiger partial charge in [-0.15, -0.1) is 0 Å². The minimum Gasteiger partial charge on any atom is -0.454 e. The molecule has 0 heterocycles. The number of amides is 2. The van der Waals surface area contributed by atoms with Crippen LogP contribution in [0.4, 0.5) is 0 Å². The number of ether oxygens (including phenoxy) is 1. The first-order valence-electron chi connectivity index (χ1n) is 7.05. The molecule has 0 atom stereocenters. The zero-order valence-electron chi connectivity index (χ0n) is 12.9. The van der Waals surface area contributed by atoms with E-state index in [-0.39, 0.29) is 29.6 Å². The number of hydrogen-bond donors (Lipinski definition) is 1. The van der Waals surface area contributed by atoms with Gasteiger partial charge in [-0.1, -0.05) is 23.2 Å². The van der Waals surface area contributed by atoms with Gasteiger partial charge in [-0.05, 0) is 32.0 Å². The standard InChI is InChI=1S/C15H18Cl2N2O4/c1-3-19(4-2)13(20)9-23-14(21)8-18-15(22)11-6-5-10(16)7-12(11)17/h5-7H,3-4,8-9H2,1-2H3,(H,18,22). The lowest BCUT2D eigenvalue weighted by Gasteiger charge is -2.18. The van der Waals surface area contributed by atoms with Crippen molar-refractivity contribution in [3.63, 3.8) is 0 Å². The molecule has 1 rings (SSSR count). The number of likely N-dealkylation sites (N-methyl/N-ethyl adjacent to an activating group) is 1. The van der Waals surface area contributed by atoms with Gasteiger partial charge in [0.05, 0.1) is 10.6 Å². The van der Waals surface area contributed by atoms with E-state index in [4.69, 9.17) is 27.9 Å². The Kier molecular flexibility index (Phi) is 7.85. The highest BCUT2D eigenvalue weighted by molar-refractivity contribution is 6.36. The van der Waals surface area contributed by atoms with Crippen molar-refractivity contribution in [2.24, 2.45) is 0 Å². The summed E-state index contributed by atoms with van der Waals surface area (Å²) >= 11 is 11.6. The molecule has 0 saturated carbocycles. The summed E-state index contributed by atoms with van der Waals surface area (Å²) in [6.07, 6.45) is 0. The summed E-state index contributed by atoms with van der Waals surface area (Å²) in [4.78, 5) is 36.7. The van der Waals surface area contributed by atoms with E-state index in [1.807, 2.05) is 13.8 Å². The molecule has 0 unspecified atom stereocenters. The van der Waals surface area contributed by atoms with Crippen LogP contribution in [0.25, 0.3) is 0 Å². The first kappa shape index (κ1) is 19.3. The number of nitrogens with one attached hydrogen (secondary N) is 1. The van der Waals surface area contributed by atoms with Crippen LogP contribution in [0.3, 0.4) is 0 Å². The minimum absolute atomic E-state index is 0.181. The zero-order valence-corrected chi connectivity index (χ0v) is 14.4. The van der Waals surface area contributed by atoms with Crippen LogP contribution in [0.1, 0.15) is 24.2 Å². The minimum atomic E-state index is -0.705. The average Bonchev–Trinajstić information content (AvgIpc) is 2.51. The van der Waals surface area contributed by atoms with E-state index in [0.29, 0.717) is 18.1 Å². The predicted molar refractivity (Wildman–Crippen MR) is 87.7 cm³/mol. The van der Waals surface area contributed by atoms with E-state index in [1.54, 1.807) is 4.90 Å². The Morgan fingerprint density at radius 1 is 1.17 bits per heavy atom. The first-order valence-corrected chi connectivity index (χ1v) is 7.81. The molecule has 0 saturated heterocycles. The Bertz CT molecular complexity index is 589. The second-order valence-corrected chi connectivity index (χ2v) is 5.38. The lowest BCUT2D eigenvalue weighted by Crippen LogP contribution is -2.36. The van der Waals surface area contributed by atoms with Crippen molar-refractivity contribution in [3.8, 4) is 0 Å². The average molecular weight is 361 g/mol. The Balaban J connectivity index is 2.44. The van der Waals surface area contributed by atoms with Gasteiger partial charge < -0.3 is 15.0 Å². The van der Waals surface area contributed by atoms with E-state index in [0.717, 1.165) is 0 Å². The van der Waals surface area contributed by atoms with Crippen molar-refractivity contribution in [2.45, 2.75) is 13.8 Å². The van der Waals surface area contributed by atoms with E-state index in [9.17, 15) is 14.4 Å². The monoisotopic (exact) mass is 360 g/mol. The first-order chi connectivity index (χ1) is 10.9. The summed E-state index contributed by atoms with van der Waals surface area (Å²) < 4.78 is 4.83. The molecular formula is C15H18Cl2N2O4. The molecule has 2 amide bonds. The normalized spacial score (nSPS) is 10.1. The summed E-state index contributed by atoms with van der Waals surface area (Å²) in [7, 11) is 0. The van der Waals surface area contributed by atoms with Crippen LogP contribution < -0.4 is 5.32 Å². The molecule has 1 aromatic rings. The van der Waals surface area contributed by atoms with Crippen LogP contribution in [0.5, 0.6) is 0 Å². The van der Waals surface area contributed by atoms with Gasteiger partial charge in [0.1, 0.15) is 6.54 Å². The van der Waals surface area contributed by atoms with Crippen molar-refractivity contribution in [3.05, 3.63) is 33.8 Å². The van der Waals surface area contributed by atoms with E-state index >= 15 is 0 Å². The van der Waals surface area contributed by atoms with Crippen LogP contribution in [0.2, 0.25) is 10.0 Å². The molecule has 23 heavy (non-hydrogen) atoms. The highest BCUT2D eigenvalue weighted by Gasteiger charge is 2.15. The Morgan fingerprint density at radius 3 is 2.39 bits per heavy atom. The molecule has 0 spiro atoms. The summed E-state index contributed by atoms with van der Waals surface area (Å²) in [5, 5.41) is 2.96. The molecule has 1 N–H and O–H groups in total. The van der Waals surface area contributed by atoms with E-state index in [2.05, 4.69) is 5.32 Å². The van der Waals surface area contributed by atoms with Crippen LogP contribution in [-0.4, -0.2) is 48.9 Å². The van der Waals surface area contributed by atoms with Gasteiger partial charge in [-0.25, -0.2) is 0 Å². The molecule has 8 heteroatoms. The lowest BCUT2D eigenvalue weighted by atomic mass is 10.2. The Morgan fingerprint density at radius 2 is 1.83 bits per heavy atom.